The van der Waals surface area contributed by atoms with Crippen LogP contribution >= 0.6 is 30.8 Å². The van der Waals surface area contributed by atoms with Crippen LogP contribution in [0.25, 0.3) is 0 Å². The Morgan fingerprint density at radius 1 is 0.523 bits per heavy atom. The standard InChI is InChI=1S/C12H12F2O2.C10H9F2NO.C9H9F2N.C8H7ClF2O.C8H5ClF2O.C8H17O5P.C6H4F2/c1-2-16-12(15)9-6-8(9)7-3-4-10(13)11(14)5-7;11-8-2-1-5(3-9(8)12)6-4-7(6)10(13)14;10-7-2-1-5(3-8(7)11)6-4-9(6)12;2*9-4-8(12)5-1-2-6(10)7(11)3-5;1-4-11-8(9)7-14(10,12-5-2)13-6-3;7-5-3-1-2-4-6(5)8/h3-5,8-9H,2,6H2,1H3;1-3,6-7H,4H2,(H2,13,14);1-3,6,9H,4,12H2;1-3,8,12H,4H2;1-3H,4H2;4-7H2,1-3H3;1-4H/t8-,9+;6-,7+;6-,9+;8-;;;/m0001.../s1. The van der Waals surface area contributed by atoms with Crippen molar-refractivity contribution in [3.63, 3.8) is 0 Å². The number of aliphatic hydroxyl groups excluding tert-OH is 1. The van der Waals surface area contributed by atoms with Gasteiger partial charge in [0.25, 0.3) is 0 Å². The van der Waals surface area contributed by atoms with Crippen molar-refractivity contribution in [3.8, 4) is 0 Å². The molecule has 0 aliphatic heterocycles. The van der Waals surface area contributed by atoms with Gasteiger partial charge >= 0.3 is 19.5 Å². The summed E-state index contributed by atoms with van der Waals surface area (Å²) in [4.78, 5) is 44.0. The van der Waals surface area contributed by atoms with Crippen LogP contribution in [-0.4, -0.2) is 79.1 Å². The Balaban J connectivity index is 0.000000270. The van der Waals surface area contributed by atoms with Crippen LogP contribution in [0.5, 0.6) is 0 Å². The molecule has 27 heteroatoms. The van der Waals surface area contributed by atoms with E-state index < -0.39 is 95.3 Å². The molecule has 88 heavy (non-hydrogen) atoms. The van der Waals surface area contributed by atoms with Crippen molar-refractivity contribution in [2.75, 3.05) is 44.3 Å². The molecule has 0 aromatic heterocycles. The molecule has 3 saturated carbocycles. The fourth-order valence-corrected chi connectivity index (χ4v) is 9.44. The minimum Gasteiger partial charge on any atom is -0.466 e. The first-order valence-electron chi connectivity index (χ1n) is 26.8. The van der Waals surface area contributed by atoms with Crippen LogP contribution in [0, 0.1) is 81.6 Å². The maximum Gasteiger partial charge on any atom is 0.341 e. The van der Waals surface area contributed by atoms with E-state index >= 15 is 0 Å². The molecule has 480 valence electrons. The van der Waals surface area contributed by atoms with E-state index in [1.54, 1.807) is 33.8 Å². The number of amides is 1. The van der Waals surface area contributed by atoms with Crippen molar-refractivity contribution in [1.82, 2.24) is 0 Å². The van der Waals surface area contributed by atoms with Gasteiger partial charge in [0.15, 0.2) is 75.6 Å². The van der Waals surface area contributed by atoms with Gasteiger partial charge in [-0.05, 0) is 160 Å². The fraction of sp³-hybridized carbons (Fsp3) is 0.344. The van der Waals surface area contributed by atoms with Gasteiger partial charge in [-0.25, -0.2) is 52.7 Å². The van der Waals surface area contributed by atoms with Gasteiger partial charge in [0.2, 0.25) is 5.91 Å². The Kier molecular flexibility index (Phi) is 32.0. The predicted octanol–water partition coefficient (Wildman–Crippen LogP) is 14.4. The molecule has 6 aromatic rings. The van der Waals surface area contributed by atoms with Gasteiger partial charge in [-0.15, -0.1) is 23.2 Å². The van der Waals surface area contributed by atoms with Crippen molar-refractivity contribution in [2.45, 2.75) is 76.9 Å². The second kappa shape index (κ2) is 37.3. The topological polar surface area (TPSA) is 195 Å². The molecule has 0 saturated heterocycles. The number of nitrogens with two attached hydrogens (primary N) is 2. The Bertz CT molecular complexity index is 3240. The van der Waals surface area contributed by atoms with Crippen LogP contribution in [0.15, 0.2) is 115 Å². The molecule has 0 radical (unpaired) electrons. The highest BCUT2D eigenvalue weighted by molar-refractivity contribution is 7.54. The van der Waals surface area contributed by atoms with E-state index in [0.29, 0.717) is 30.6 Å². The minimum absolute atomic E-state index is 0.0193. The number of rotatable bonds is 17. The SMILES string of the molecule is CCOC(=O)CP(=O)(OCC)OCC.CCOC(=O)[C@@H]1C[C@H]1c1ccc(F)c(F)c1.Fc1ccccc1F.NC(=O)[C@@H]1C[C@H]1c1ccc(F)c(F)c1.N[C@@H]1C[C@H]1c1ccc(F)c(F)c1.O=C(CCl)c1ccc(F)c(F)c1.O[C@H](CCl)c1ccc(F)c(F)c1. The first-order valence-corrected chi connectivity index (χ1v) is 29.6. The third-order valence-electron chi connectivity index (χ3n) is 12.4. The predicted molar refractivity (Wildman–Crippen MR) is 304 cm³/mol. The number of ether oxygens (including phenoxy) is 2. The third-order valence-corrected chi connectivity index (χ3v) is 14.9. The lowest BCUT2D eigenvalue weighted by Crippen LogP contribution is -2.13. The molecule has 3 aliphatic rings. The number of esters is 2. The zero-order valence-corrected chi connectivity index (χ0v) is 50.0. The lowest BCUT2D eigenvalue weighted by atomic mass is 10.1. The quantitative estimate of drug-likeness (QED) is 0.0258. The van der Waals surface area contributed by atoms with Gasteiger partial charge in [0, 0.05) is 23.4 Å². The molecule has 3 fully saturated rings. The first kappa shape index (κ1) is 75.5. The van der Waals surface area contributed by atoms with E-state index in [0.717, 1.165) is 78.7 Å². The molecule has 3 aliphatic carbocycles. The van der Waals surface area contributed by atoms with E-state index in [9.17, 15) is 76.4 Å². The van der Waals surface area contributed by atoms with Crippen LogP contribution in [0.2, 0.25) is 0 Å². The fourth-order valence-electron chi connectivity index (χ4n) is 7.66. The van der Waals surface area contributed by atoms with Crippen molar-refractivity contribution in [2.24, 2.45) is 23.3 Å². The van der Waals surface area contributed by atoms with E-state index in [1.807, 2.05) is 0 Å². The van der Waals surface area contributed by atoms with Gasteiger partial charge in [0.05, 0.1) is 50.2 Å². The summed E-state index contributed by atoms with van der Waals surface area (Å²) in [5.41, 5.74) is 13.1. The summed E-state index contributed by atoms with van der Waals surface area (Å²) >= 11 is 10.5. The second-order valence-electron chi connectivity index (χ2n) is 18.9. The Morgan fingerprint density at radius 3 is 1.26 bits per heavy atom. The average Bonchev–Trinajstić information content (AvgIpc) is 2.99. The van der Waals surface area contributed by atoms with E-state index in [-0.39, 0.29) is 96.4 Å². The van der Waals surface area contributed by atoms with Gasteiger partial charge in [-0.3, -0.25) is 23.7 Å². The number of ketones is 1. The number of benzene rings is 6. The van der Waals surface area contributed by atoms with Crippen molar-refractivity contribution < 1.29 is 100 Å². The summed E-state index contributed by atoms with van der Waals surface area (Å²) in [5, 5.41) is 9.12. The molecule has 6 aromatic carbocycles. The summed E-state index contributed by atoms with van der Waals surface area (Å²) in [6.45, 7) is 7.91. The number of alkyl halides is 2. The summed E-state index contributed by atoms with van der Waals surface area (Å²) < 4.78 is 181. The van der Waals surface area contributed by atoms with Gasteiger partial charge in [-0.1, -0.05) is 36.4 Å². The monoisotopic (exact) mass is 1310 g/mol. The molecule has 0 unspecified atom stereocenters. The summed E-state index contributed by atoms with van der Waals surface area (Å²) in [6, 6.07) is 22.7. The summed E-state index contributed by atoms with van der Waals surface area (Å²) in [6.07, 6.45) is 0.916. The highest BCUT2D eigenvalue weighted by Gasteiger charge is 2.45. The molecule has 0 spiro atoms. The maximum absolute atomic E-state index is 13.0. The average molecular weight is 1310 g/mol. The Morgan fingerprint density at radius 2 is 0.909 bits per heavy atom. The van der Waals surface area contributed by atoms with Crippen molar-refractivity contribution >= 4 is 54.4 Å². The van der Waals surface area contributed by atoms with Crippen molar-refractivity contribution in [1.29, 1.82) is 0 Å². The lowest BCUT2D eigenvalue weighted by Gasteiger charge is -2.15. The Hall–Kier alpha value is -6.79. The molecule has 0 bridgehead atoms. The molecule has 5 N–H and O–H groups in total. The number of hydrogen-bond acceptors (Lipinski definition) is 11. The number of Topliss-reactive ketones (excluding diaryl/α,β-unsaturated/α-hetero) is 1. The highest BCUT2D eigenvalue weighted by atomic mass is 35.5. The van der Waals surface area contributed by atoms with E-state index in [4.69, 9.17) is 53.6 Å². The number of carbonyl (C=O) groups is 4. The summed E-state index contributed by atoms with van der Waals surface area (Å²) in [5.74, 6) is -12.7. The van der Waals surface area contributed by atoms with Crippen LogP contribution in [-0.2, 0) is 37.5 Å². The third kappa shape index (κ3) is 25.4. The maximum atomic E-state index is 13.0. The zero-order chi connectivity index (χ0) is 66.0. The molecule has 7 atom stereocenters. The number of hydrogen-bond donors (Lipinski definition) is 3. The van der Waals surface area contributed by atoms with Gasteiger partial charge < -0.3 is 35.1 Å². The van der Waals surface area contributed by atoms with Crippen LogP contribution in [0.4, 0.5) is 52.7 Å². The molecule has 12 nitrogen and oxygen atoms in total. The molecule has 9 rings (SSSR count). The van der Waals surface area contributed by atoms with E-state index in [2.05, 4.69) is 4.74 Å². The zero-order valence-electron chi connectivity index (χ0n) is 47.6. The first-order chi connectivity index (χ1) is 41.6. The second-order valence-corrected chi connectivity index (χ2v) is 21.6. The van der Waals surface area contributed by atoms with Crippen LogP contribution in [0.1, 0.15) is 103 Å². The minimum atomic E-state index is -3.28. The van der Waals surface area contributed by atoms with Gasteiger partial charge in [0.1, 0.15) is 6.16 Å². The van der Waals surface area contributed by atoms with Crippen molar-refractivity contribution in [3.05, 3.63) is 213 Å². The summed E-state index contributed by atoms with van der Waals surface area (Å²) in [7, 11) is -3.28. The van der Waals surface area contributed by atoms with Crippen LogP contribution < -0.4 is 11.5 Å². The smallest absolute Gasteiger partial charge is 0.341 e. The number of carbonyl (C=O) groups excluding carboxylic acids is 4. The normalized spacial score (nSPS) is 17.6. The molecular weight excluding hydrogens is 1250 g/mol. The highest BCUT2D eigenvalue weighted by Crippen LogP contribution is 2.49. The van der Waals surface area contributed by atoms with Crippen LogP contribution in [0.3, 0.4) is 0 Å². The van der Waals surface area contributed by atoms with Gasteiger partial charge in [-0.2, -0.15) is 0 Å². The Labute approximate surface area is 509 Å². The number of halogens is 14. The molecule has 0 heterocycles. The molecule has 1 amide bonds. The lowest BCUT2D eigenvalue weighted by molar-refractivity contribution is -0.145. The number of aliphatic hydroxyl groups is 1. The largest absolute Gasteiger partial charge is 0.466 e. The van der Waals surface area contributed by atoms with E-state index in [1.165, 1.54) is 42.5 Å². The molecular formula is C61H63Cl2F12N2O10P. The number of primary amides is 1.